The number of rotatable bonds is 3. The minimum absolute atomic E-state index is 0.176. The van der Waals surface area contributed by atoms with Crippen molar-refractivity contribution in [2.75, 3.05) is 32.0 Å². The van der Waals surface area contributed by atoms with Crippen LogP contribution in [0.5, 0.6) is 0 Å². The zero-order valence-corrected chi connectivity index (χ0v) is 11.3. The number of halogens is 1. The summed E-state index contributed by atoms with van der Waals surface area (Å²) in [6, 6.07) is 0.233. The Kier molecular flexibility index (Phi) is 3.45. The van der Waals surface area contributed by atoms with E-state index in [9.17, 15) is 4.39 Å². The van der Waals surface area contributed by atoms with E-state index in [-0.39, 0.29) is 6.04 Å². The van der Waals surface area contributed by atoms with E-state index in [4.69, 9.17) is 10.5 Å². The van der Waals surface area contributed by atoms with Crippen molar-refractivity contribution in [3.63, 3.8) is 0 Å². The van der Waals surface area contributed by atoms with Gasteiger partial charge in [0.25, 0.3) is 0 Å². The number of nitrogen functional groups attached to an aromatic ring is 1. The number of anilines is 1. The number of piperidine rings is 1. The lowest BCUT2D eigenvalue weighted by atomic mass is 10.0. The van der Waals surface area contributed by atoms with Crippen molar-refractivity contribution in [3.8, 4) is 0 Å². The van der Waals surface area contributed by atoms with Crippen LogP contribution in [0.15, 0.2) is 6.20 Å². The third kappa shape index (κ3) is 2.23. The van der Waals surface area contributed by atoms with Crippen LogP contribution < -0.4 is 5.73 Å². The van der Waals surface area contributed by atoms with Gasteiger partial charge in [-0.15, -0.1) is 0 Å². The van der Waals surface area contributed by atoms with Crippen molar-refractivity contribution < 1.29 is 9.13 Å². The van der Waals surface area contributed by atoms with Gasteiger partial charge >= 0.3 is 0 Å². The van der Waals surface area contributed by atoms with Crippen molar-refractivity contribution in [2.45, 2.75) is 38.0 Å². The van der Waals surface area contributed by atoms with Crippen molar-refractivity contribution in [3.05, 3.63) is 11.9 Å². The molecule has 2 fully saturated rings. The molecule has 6 heteroatoms. The average molecular weight is 268 g/mol. The maximum Gasteiger partial charge on any atom is 0.135 e. The number of hydrogen-bond acceptors (Lipinski definition) is 4. The predicted molar refractivity (Wildman–Crippen MR) is 70.7 cm³/mol. The second-order valence-corrected chi connectivity index (χ2v) is 5.40. The van der Waals surface area contributed by atoms with Crippen LogP contribution in [0.3, 0.4) is 0 Å². The summed E-state index contributed by atoms with van der Waals surface area (Å²) in [6.45, 7) is 4.89. The molecule has 0 saturated carbocycles. The molecule has 0 unspecified atom stereocenters. The summed E-state index contributed by atoms with van der Waals surface area (Å²) in [6.07, 6.45) is 2.32. The summed E-state index contributed by atoms with van der Waals surface area (Å²) in [7, 11) is 0. The van der Waals surface area contributed by atoms with Crippen molar-refractivity contribution in [2.24, 2.45) is 0 Å². The fourth-order valence-corrected chi connectivity index (χ4v) is 3.01. The quantitative estimate of drug-likeness (QED) is 0.889. The maximum atomic E-state index is 14.4. The first-order chi connectivity index (χ1) is 9.20. The van der Waals surface area contributed by atoms with Crippen LogP contribution in [0.1, 0.15) is 25.1 Å². The van der Waals surface area contributed by atoms with Gasteiger partial charge in [0.05, 0.1) is 42.9 Å². The Balaban J connectivity index is 1.72. The molecule has 0 amide bonds. The third-order valence-electron chi connectivity index (χ3n) is 4.26. The van der Waals surface area contributed by atoms with Crippen LogP contribution in [-0.2, 0) is 11.2 Å². The third-order valence-corrected chi connectivity index (χ3v) is 4.26. The largest absolute Gasteiger partial charge is 0.396 e. The molecule has 0 bridgehead atoms. The molecule has 106 valence electrons. The van der Waals surface area contributed by atoms with E-state index in [0.29, 0.717) is 18.3 Å². The molecule has 3 heterocycles. The Hall–Kier alpha value is -1.14. The van der Waals surface area contributed by atoms with Crippen molar-refractivity contribution in [1.82, 2.24) is 14.7 Å². The molecule has 19 heavy (non-hydrogen) atoms. The Morgan fingerprint density at radius 2 is 2.32 bits per heavy atom. The highest BCUT2D eigenvalue weighted by atomic mass is 19.1. The van der Waals surface area contributed by atoms with Gasteiger partial charge in [-0.05, 0) is 12.8 Å². The smallest absolute Gasteiger partial charge is 0.135 e. The molecule has 2 saturated heterocycles. The van der Waals surface area contributed by atoms with Crippen molar-refractivity contribution >= 4 is 5.69 Å². The molecule has 2 atom stereocenters. The highest BCUT2D eigenvalue weighted by molar-refractivity contribution is 5.41. The fourth-order valence-electron chi connectivity index (χ4n) is 3.01. The zero-order chi connectivity index (χ0) is 13.4. The highest BCUT2D eigenvalue weighted by Gasteiger charge is 2.37. The minimum Gasteiger partial charge on any atom is -0.396 e. The van der Waals surface area contributed by atoms with Crippen molar-refractivity contribution in [1.29, 1.82) is 0 Å². The normalized spacial score (nSPS) is 29.4. The summed E-state index contributed by atoms with van der Waals surface area (Å²) >= 11 is 0. The molecule has 1 aromatic rings. The van der Waals surface area contributed by atoms with Crippen LogP contribution in [0.4, 0.5) is 10.1 Å². The number of alkyl halides is 1. The molecule has 1 aromatic heterocycles. The second kappa shape index (κ2) is 5.09. The first kappa shape index (κ1) is 12.9. The number of nitrogens with two attached hydrogens (primary N) is 1. The number of likely N-dealkylation sites (tertiary alicyclic amines) is 1. The predicted octanol–water partition coefficient (Wildman–Crippen LogP) is 1.01. The highest BCUT2D eigenvalue weighted by Crippen LogP contribution is 2.30. The summed E-state index contributed by atoms with van der Waals surface area (Å²) in [5.41, 5.74) is 7.50. The number of nitrogens with zero attached hydrogens (tertiary/aromatic N) is 3. The molecular weight excluding hydrogens is 247 g/mol. The average Bonchev–Trinajstić information content (AvgIpc) is 2.68. The van der Waals surface area contributed by atoms with Gasteiger partial charge in [-0.1, -0.05) is 6.92 Å². The summed E-state index contributed by atoms with van der Waals surface area (Å²) in [5, 5.41) is 4.27. The topological polar surface area (TPSA) is 56.3 Å². The van der Waals surface area contributed by atoms with Gasteiger partial charge < -0.3 is 10.5 Å². The van der Waals surface area contributed by atoms with Crippen LogP contribution in [0.2, 0.25) is 0 Å². The lowest BCUT2D eigenvalue weighted by molar-refractivity contribution is -0.0848. The molecule has 0 aromatic carbocycles. The molecular formula is C13H21FN4O. The van der Waals surface area contributed by atoms with Crippen LogP contribution >= 0.6 is 0 Å². The van der Waals surface area contributed by atoms with Crippen LogP contribution in [-0.4, -0.2) is 53.2 Å². The standard InChI is InChI=1S/C13H21FN4O/c1-2-12-11(15)5-16-18(12)13-3-4-17(6-10(13)14)9-7-19-8-9/h5,9-10,13H,2-4,6-8,15H2,1H3/t10-,13-/m0/s1. The van der Waals surface area contributed by atoms with Gasteiger partial charge in [-0.2, -0.15) is 5.10 Å². The van der Waals surface area contributed by atoms with E-state index in [1.165, 1.54) is 0 Å². The minimum atomic E-state index is -0.890. The number of aromatic nitrogens is 2. The first-order valence-corrected chi connectivity index (χ1v) is 6.98. The van der Waals surface area contributed by atoms with Gasteiger partial charge in [-0.25, -0.2) is 4.39 Å². The molecule has 0 spiro atoms. The van der Waals surface area contributed by atoms with E-state index >= 15 is 0 Å². The van der Waals surface area contributed by atoms with E-state index in [1.807, 2.05) is 6.92 Å². The summed E-state index contributed by atoms with van der Waals surface area (Å²) in [4.78, 5) is 2.20. The van der Waals surface area contributed by atoms with E-state index in [1.54, 1.807) is 10.9 Å². The first-order valence-electron chi connectivity index (χ1n) is 6.98. The monoisotopic (exact) mass is 268 g/mol. The fraction of sp³-hybridized carbons (Fsp3) is 0.769. The SMILES string of the molecule is CCc1c(N)cnn1[C@H]1CCN(C2COC2)C[C@@H]1F. The lowest BCUT2D eigenvalue weighted by Gasteiger charge is -2.42. The molecule has 0 radical (unpaired) electrons. The Morgan fingerprint density at radius 3 is 2.89 bits per heavy atom. The maximum absolute atomic E-state index is 14.4. The van der Waals surface area contributed by atoms with Gasteiger partial charge in [0.15, 0.2) is 0 Å². The molecule has 2 aliphatic rings. The Morgan fingerprint density at radius 1 is 1.53 bits per heavy atom. The Bertz CT molecular complexity index is 446. The molecule has 0 aliphatic carbocycles. The van der Waals surface area contributed by atoms with E-state index in [2.05, 4.69) is 10.00 Å². The molecule has 2 N–H and O–H groups in total. The number of hydrogen-bond donors (Lipinski definition) is 1. The Labute approximate surface area is 112 Å². The van der Waals surface area contributed by atoms with Gasteiger partial charge in [0, 0.05) is 13.1 Å². The van der Waals surface area contributed by atoms with Crippen LogP contribution in [0, 0.1) is 0 Å². The molecule has 5 nitrogen and oxygen atoms in total. The van der Waals surface area contributed by atoms with Gasteiger partial charge in [-0.3, -0.25) is 9.58 Å². The summed E-state index contributed by atoms with van der Waals surface area (Å²) in [5.74, 6) is 0. The van der Waals surface area contributed by atoms with Gasteiger partial charge in [0.2, 0.25) is 0 Å². The van der Waals surface area contributed by atoms with Crippen LogP contribution in [0.25, 0.3) is 0 Å². The number of ether oxygens (including phenoxy) is 1. The lowest BCUT2D eigenvalue weighted by Crippen LogP contribution is -2.55. The van der Waals surface area contributed by atoms with E-state index in [0.717, 1.165) is 38.3 Å². The van der Waals surface area contributed by atoms with E-state index < -0.39 is 6.17 Å². The second-order valence-electron chi connectivity index (χ2n) is 5.40. The van der Waals surface area contributed by atoms with Gasteiger partial charge in [0.1, 0.15) is 6.17 Å². The summed E-state index contributed by atoms with van der Waals surface area (Å²) < 4.78 is 21.4. The molecule has 3 rings (SSSR count). The zero-order valence-electron chi connectivity index (χ0n) is 11.3. The molecule has 2 aliphatic heterocycles.